The second-order valence-corrected chi connectivity index (χ2v) is 4.15. The monoisotopic (exact) mass is 190 g/mol. The molecule has 0 aliphatic rings. The van der Waals surface area contributed by atoms with Gasteiger partial charge in [-0.25, -0.2) is 0 Å². The molecule has 0 saturated carbocycles. The molecule has 0 spiro atoms. The Morgan fingerprint density at radius 3 is 2.29 bits per heavy atom. The normalized spacial score (nSPS) is 14.9. The number of hydrogen-bond donors (Lipinski definition) is 1. The van der Waals surface area contributed by atoms with E-state index in [0.717, 1.165) is 11.1 Å². The molecule has 1 heteroatoms. The topological polar surface area (TPSA) is 20.2 Å². The van der Waals surface area contributed by atoms with E-state index in [1.54, 1.807) is 6.92 Å². The Hall–Kier alpha value is -1.08. The van der Waals surface area contributed by atoms with Crippen molar-refractivity contribution in [3.05, 3.63) is 47.0 Å². The quantitative estimate of drug-likeness (QED) is 0.710. The Kier molecular flexibility index (Phi) is 2.81. The van der Waals surface area contributed by atoms with Crippen LogP contribution in [0.15, 0.2) is 30.4 Å². The number of aryl methyl sites for hydroxylation is 2. The van der Waals surface area contributed by atoms with Crippen LogP contribution in [0.1, 0.15) is 30.5 Å². The van der Waals surface area contributed by atoms with E-state index < -0.39 is 5.60 Å². The molecule has 1 nitrogen and oxygen atoms in total. The zero-order valence-electron chi connectivity index (χ0n) is 9.39. The van der Waals surface area contributed by atoms with E-state index in [1.165, 1.54) is 11.1 Å². The van der Waals surface area contributed by atoms with Gasteiger partial charge in [0.15, 0.2) is 0 Å². The van der Waals surface area contributed by atoms with E-state index in [2.05, 4.69) is 13.5 Å². The highest BCUT2D eigenvalue weighted by Gasteiger charge is 2.23. The molecule has 0 bridgehead atoms. The highest BCUT2D eigenvalue weighted by Crippen LogP contribution is 2.28. The van der Waals surface area contributed by atoms with Crippen LogP contribution < -0.4 is 0 Å². The van der Waals surface area contributed by atoms with Crippen LogP contribution in [0, 0.1) is 13.8 Å². The van der Waals surface area contributed by atoms with Gasteiger partial charge in [-0.1, -0.05) is 24.8 Å². The summed E-state index contributed by atoms with van der Waals surface area (Å²) in [5, 5.41) is 10.2. The first-order chi connectivity index (χ1) is 6.35. The third-order valence-electron chi connectivity index (χ3n) is 2.90. The van der Waals surface area contributed by atoms with Crippen molar-refractivity contribution in [3.63, 3.8) is 0 Å². The van der Waals surface area contributed by atoms with Crippen LogP contribution >= 0.6 is 0 Å². The number of benzene rings is 1. The van der Waals surface area contributed by atoms with Crippen molar-refractivity contribution in [1.29, 1.82) is 0 Å². The molecule has 1 unspecified atom stereocenters. The summed E-state index contributed by atoms with van der Waals surface area (Å²) < 4.78 is 0. The Morgan fingerprint density at radius 1 is 1.29 bits per heavy atom. The highest BCUT2D eigenvalue weighted by molar-refractivity contribution is 5.36. The number of rotatable bonds is 2. The van der Waals surface area contributed by atoms with Crippen molar-refractivity contribution >= 4 is 0 Å². The summed E-state index contributed by atoms with van der Waals surface area (Å²) >= 11 is 0. The van der Waals surface area contributed by atoms with E-state index in [1.807, 2.05) is 32.0 Å². The first-order valence-electron chi connectivity index (χ1n) is 4.82. The maximum atomic E-state index is 10.2. The Labute approximate surface area is 86.1 Å². The SMILES string of the molecule is C=C(C)C(C)(O)c1ccc(C)c(C)c1. The minimum Gasteiger partial charge on any atom is -0.381 e. The van der Waals surface area contributed by atoms with Crippen molar-refractivity contribution in [1.82, 2.24) is 0 Å². The zero-order chi connectivity index (χ0) is 10.9. The summed E-state index contributed by atoms with van der Waals surface area (Å²) in [4.78, 5) is 0. The number of hydrogen-bond acceptors (Lipinski definition) is 1. The molecule has 14 heavy (non-hydrogen) atoms. The van der Waals surface area contributed by atoms with Gasteiger partial charge in [0.2, 0.25) is 0 Å². The van der Waals surface area contributed by atoms with E-state index in [0.29, 0.717) is 0 Å². The minimum absolute atomic E-state index is 0.765. The van der Waals surface area contributed by atoms with E-state index >= 15 is 0 Å². The van der Waals surface area contributed by atoms with Gasteiger partial charge in [0.05, 0.1) is 0 Å². The van der Waals surface area contributed by atoms with Gasteiger partial charge in [-0.3, -0.25) is 0 Å². The van der Waals surface area contributed by atoms with Crippen LogP contribution in [0.4, 0.5) is 0 Å². The predicted molar refractivity (Wildman–Crippen MR) is 60.3 cm³/mol. The maximum Gasteiger partial charge on any atom is 0.107 e. The Bertz CT molecular complexity index is 361. The highest BCUT2D eigenvalue weighted by atomic mass is 16.3. The molecule has 0 heterocycles. The fourth-order valence-corrected chi connectivity index (χ4v) is 1.29. The lowest BCUT2D eigenvalue weighted by molar-refractivity contribution is 0.0980. The minimum atomic E-state index is -0.918. The van der Waals surface area contributed by atoms with Gasteiger partial charge in [-0.2, -0.15) is 0 Å². The largest absolute Gasteiger partial charge is 0.381 e. The Morgan fingerprint density at radius 2 is 1.86 bits per heavy atom. The molecular formula is C13H18O. The average molecular weight is 190 g/mol. The lowest BCUT2D eigenvalue weighted by Gasteiger charge is -2.25. The molecule has 1 N–H and O–H groups in total. The van der Waals surface area contributed by atoms with Crippen LogP contribution in [-0.2, 0) is 5.60 Å². The van der Waals surface area contributed by atoms with Gasteiger partial charge in [-0.15, -0.1) is 0 Å². The third-order valence-corrected chi connectivity index (χ3v) is 2.90. The molecule has 0 aliphatic carbocycles. The number of aliphatic hydroxyl groups is 1. The van der Waals surface area contributed by atoms with Crippen LogP contribution in [0.5, 0.6) is 0 Å². The van der Waals surface area contributed by atoms with Gasteiger partial charge in [0.25, 0.3) is 0 Å². The van der Waals surface area contributed by atoms with E-state index in [9.17, 15) is 5.11 Å². The standard InChI is InChI=1S/C13H18O/c1-9(2)13(5,14)12-7-6-10(3)11(4)8-12/h6-8,14H,1H2,2-5H3. The van der Waals surface area contributed by atoms with Crippen LogP contribution in [-0.4, -0.2) is 5.11 Å². The van der Waals surface area contributed by atoms with Gasteiger partial charge < -0.3 is 5.11 Å². The molecule has 0 fully saturated rings. The molecule has 0 saturated heterocycles. The summed E-state index contributed by atoms with van der Waals surface area (Å²) in [7, 11) is 0. The molecule has 0 amide bonds. The average Bonchev–Trinajstić information content (AvgIpc) is 2.09. The maximum absolute atomic E-state index is 10.2. The summed E-state index contributed by atoms with van der Waals surface area (Å²) in [6.45, 7) is 11.5. The van der Waals surface area contributed by atoms with Gasteiger partial charge in [0.1, 0.15) is 5.60 Å². The zero-order valence-corrected chi connectivity index (χ0v) is 9.39. The molecule has 0 aliphatic heterocycles. The second kappa shape index (κ2) is 3.58. The van der Waals surface area contributed by atoms with Crippen molar-refractivity contribution < 1.29 is 5.11 Å². The van der Waals surface area contributed by atoms with Gasteiger partial charge >= 0.3 is 0 Å². The van der Waals surface area contributed by atoms with Crippen molar-refractivity contribution in [2.24, 2.45) is 0 Å². The fraction of sp³-hybridized carbons (Fsp3) is 0.385. The van der Waals surface area contributed by atoms with E-state index in [-0.39, 0.29) is 0 Å². The third kappa shape index (κ3) is 1.88. The molecule has 1 rings (SSSR count). The molecule has 76 valence electrons. The molecule has 1 atom stereocenters. The fourth-order valence-electron chi connectivity index (χ4n) is 1.29. The van der Waals surface area contributed by atoms with Gasteiger partial charge in [-0.05, 0) is 50.0 Å². The summed E-state index contributed by atoms with van der Waals surface area (Å²) in [6, 6.07) is 6.00. The Balaban J connectivity index is 3.21. The van der Waals surface area contributed by atoms with Crippen molar-refractivity contribution in [2.45, 2.75) is 33.3 Å². The van der Waals surface area contributed by atoms with Crippen LogP contribution in [0.25, 0.3) is 0 Å². The summed E-state index contributed by atoms with van der Waals surface area (Å²) in [5.41, 5.74) is 3.20. The molecule has 1 aromatic carbocycles. The van der Waals surface area contributed by atoms with Crippen molar-refractivity contribution in [3.8, 4) is 0 Å². The molecule has 0 radical (unpaired) electrons. The first-order valence-corrected chi connectivity index (χ1v) is 4.82. The van der Waals surface area contributed by atoms with Crippen LogP contribution in [0.2, 0.25) is 0 Å². The molecule has 1 aromatic rings. The first kappa shape index (κ1) is 11.0. The summed E-state index contributed by atoms with van der Waals surface area (Å²) in [5.74, 6) is 0. The molecule has 0 aromatic heterocycles. The lowest BCUT2D eigenvalue weighted by Crippen LogP contribution is -2.22. The van der Waals surface area contributed by atoms with Crippen molar-refractivity contribution in [2.75, 3.05) is 0 Å². The lowest BCUT2D eigenvalue weighted by atomic mass is 9.88. The van der Waals surface area contributed by atoms with Gasteiger partial charge in [0, 0.05) is 0 Å². The van der Waals surface area contributed by atoms with E-state index in [4.69, 9.17) is 0 Å². The summed E-state index contributed by atoms with van der Waals surface area (Å²) in [6.07, 6.45) is 0. The smallest absolute Gasteiger partial charge is 0.107 e. The second-order valence-electron chi connectivity index (χ2n) is 4.15. The predicted octanol–water partition coefficient (Wildman–Crippen LogP) is 3.09. The molecular weight excluding hydrogens is 172 g/mol. The van der Waals surface area contributed by atoms with Crippen LogP contribution in [0.3, 0.4) is 0 Å².